The molecule has 0 aromatic carbocycles. The summed E-state index contributed by atoms with van der Waals surface area (Å²) in [4.78, 5) is 11.4. The Morgan fingerprint density at radius 1 is 1.32 bits per heavy atom. The van der Waals surface area contributed by atoms with Gasteiger partial charge in [0.05, 0.1) is 26.4 Å². The maximum Gasteiger partial charge on any atom is 0.218 e. The monoisotopic (exact) mass is 507 g/mol. The molecule has 1 atom stereocenters. The van der Waals surface area contributed by atoms with Crippen LogP contribution in [0.5, 0.6) is 5.88 Å². The Labute approximate surface area is 185 Å². The van der Waals surface area contributed by atoms with E-state index < -0.39 is 0 Å². The summed E-state index contributed by atoms with van der Waals surface area (Å²) in [6.07, 6.45) is 1.73. The van der Waals surface area contributed by atoms with Gasteiger partial charge in [-0.25, -0.2) is 9.98 Å². The molecule has 2 N–H and O–H groups in total. The highest BCUT2D eigenvalue weighted by Crippen LogP contribution is 2.15. The Kier molecular flexibility index (Phi) is 13.1. The molecule has 2 heterocycles. The standard InChI is InChI=1S/C19H33N5O3.HI/c1-4-20-19(22-14-16(2)24-8-10-26-11-9-24)23-15-17-6-5-7-21-18(17)27-13-12-25-3;/h5-7,16H,4,8-15H2,1-3H3,(H2,20,22,23);1H. The average molecular weight is 507 g/mol. The first kappa shape index (κ1) is 24.9. The van der Waals surface area contributed by atoms with Crippen molar-refractivity contribution in [1.29, 1.82) is 0 Å². The Balaban J connectivity index is 0.00000392. The number of halogens is 1. The molecule has 1 aliphatic rings. The van der Waals surface area contributed by atoms with Crippen molar-refractivity contribution in [2.75, 3.05) is 59.7 Å². The molecule has 0 spiro atoms. The quantitative estimate of drug-likeness (QED) is 0.215. The molecule has 0 amide bonds. The van der Waals surface area contributed by atoms with Crippen molar-refractivity contribution in [2.24, 2.45) is 4.99 Å². The van der Waals surface area contributed by atoms with Crippen LogP contribution in [0.4, 0.5) is 0 Å². The van der Waals surface area contributed by atoms with Crippen LogP contribution in [-0.2, 0) is 16.0 Å². The third-order valence-corrected chi connectivity index (χ3v) is 4.36. The van der Waals surface area contributed by atoms with E-state index in [1.807, 2.05) is 12.1 Å². The van der Waals surface area contributed by atoms with Crippen LogP contribution >= 0.6 is 24.0 Å². The highest BCUT2D eigenvalue weighted by Gasteiger charge is 2.17. The summed E-state index contributed by atoms with van der Waals surface area (Å²) in [5.41, 5.74) is 0.951. The van der Waals surface area contributed by atoms with E-state index in [1.165, 1.54) is 0 Å². The van der Waals surface area contributed by atoms with Crippen molar-refractivity contribution in [3.05, 3.63) is 23.9 Å². The van der Waals surface area contributed by atoms with Crippen molar-refractivity contribution in [3.8, 4) is 5.88 Å². The smallest absolute Gasteiger partial charge is 0.218 e. The number of ether oxygens (including phenoxy) is 3. The largest absolute Gasteiger partial charge is 0.475 e. The molecule has 160 valence electrons. The number of hydrogen-bond donors (Lipinski definition) is 2. The summed E-state index contributed by atoms with van der Waals surface area (Å²) >= 11 is 0. The first-order chi connectivity index (χ1) is 13.2. The van der Waals surface area contributed by atoms with Gasteiger partial charge in [0.25, 0.3) is 0 Å². The molecule has 0 bridgehead atoms. The van der Waals surface area contributed by atoms with Gasteiger partial charge < -0.3 is 24.8 Å². The first-order valence-electron chi connectivity index (χ1n) is 9.64. The molecule has 0 aliphatic carbocycles. The van der Waals surface area contributed by atoms with Gasteiger partial charge in [0.15, 0.2) is 5.96 Å². The maximum atomic E-state index is 5.68. The summed E-state index contributed by atoms with van der Waals surface area (Å²) in [5, 5.41) is 6.73. The lowest BCUT2D eigenvalue weighted by atomic mass is 10.2. The fraction of sp³-hybridized carbons (Fsp3) is 0.684. The average Bonchev–Trinajstić information content (AvgIpc) is 2.71. The van der Waals surface area contributed by atoms with E-state index in [0.717, 1.165) is 50.9 Å². The Bertz CT molecular complexity index is 570. The van der Waals surface area contributed by atoms with Crippen LogP contribution in [0.3, 0.4) is 0 Å². The maximum absolute atomic E-state index is 5.68. The molecule has 1 fully saturated rings. The van der Waals surface area contributed by atoms with E-state index in [2.05, 4.69) is 39.4 Å². The van der Waals surface area contributed by atoms with Crippen LogP contribution in [0.15, 0.2) is 23.3 Å². The Hall–Kier alpha value is -1.17. The summed E-state index contributed by atoms with van der Waals surface area (Å²) in [6.45, 7) is 11.0. The molecule has 2 rings (SSSR count). The summed E-state index contributed by atoms with van der Waals surface area (Å²) in [5.74, 6) is 1.40. The van der Waals surface area contributed by atoms with Gasteiger partial charge in [-0.2, -0.15) is 0 Å². The van der Waals surface area contributed by atoms with Crippen LogP contribution in [-0.4, -0.2) is 81.6 Å². The number of nitrogens with one attached hydrogen (secondary N) is 2. The number of methoxy groups -OCH3 is 1. The predicted octanol–water partition coefficient (Wildman–Crippen LogP) is 1.50. The third-order valence-electron chi connectivity index (χ3n) is 4.36. The van der Waals surface area contributed by atoms with E-state index in [1.54, 1.807) is 13.3 Å². The number of pyridine rings is 1. The van der Waals surface area contributed by atoms with Crippen molar-refractivity contribution < 1.29 is 14.2 Å². The summed E-state index contributed by atoms with van der Waals surface area (Å²) < 4.78 is 16.1. The van der Waals surface area contributed by atoms with Crippen LogP contribution in [0.25, 0.3) is 0 Å². The molecule has 0 radical (unpaired) electrons. The van der Waals surface area contributed by atoms with Gasteiger partial charge in [-0.3, -0.25) is 4.90 Å². The minimum absolute atomic E-state index is 0. The number of aromatic nitrogens is 1. The lowest BCUT2D eigenvalue weighted by Crippen LogP contribution is -2.49. The second-order valence-corrected chi connectivity index (χ2v) is 6.38. The number of aliphatic imine (C=N–C) groups is 1. The molecule has 0 saturated carbocycles. The SMILES string of the molecule is CCNC(=NCc1cccnc1OCCOC)NCC(C)N1CCOCC1.I. The van der Waals surface area contributed by atoms with Gasteiger partial charge in [-0.1, -0.05) is 6.07 Å². The van der Waals surface area contributed by atoms with E-state index in [9.17, 15) is 0 Å². The second-order valence-electron chi connectivity index (χ2n) is 6.38. The lowest BCUT2D eigenvalue weighted by molar-refractivity contribution is 0.0211. The molecule has 1 saturated heterocycles. The molecule has 1 aromatic heterocycles. The number of rotatable bonds is 10. The van der Waals surface area contributed by atoms with Gasteiger partial charge in [0.1, 0.15) is 6.61 Å². The normalized spacial score (nSPS) is 16.2. The minimum atomic E-state index is 0. The van der Waals surface area contributed by atoms with Gasteiger partial charge >= 0.3 is 0 Å². The highest BCUT2D eigenvalue weighted by atomic mass is 127. The molecule has 1 unspecified atom stereocenters. The van der Waals surface area contributed by atoms with Crippen LogP contribution in [0.2, 0.25) is 0 Å². The zero-order valence-corrected chi connectivity index (χ0v) is 19.5. The van der Waals surface area contributed by atoms with Gasteiger partial charge in [0.2, 0.25) is 5.88 Å². The van der Waals surface area contributed by atoms with Crippen molar-refractivity contribution in [1.82, 2.24) is 20.5 Å². The molecular weight excluding hydrogens is 473 g/mol. The molecule has 28 heavy (non-hydrogen) atoms. The number of morpholine rings is 1. The number of guanidine groups is 1. The molecular formula is C19H34IN5O3. The second kappa shape index (κ2) is 14.8. The van der Waals surface area contributed by atoms with Crippen LogP contribution in [0, 0.1) is 0 Å². The first-order valence-corrected chi connectivity index (χ1v) is 9.64. The van der Waals surface area contributed by atoms with Gasteiger partial charge in [-0.15, -0.1) is 24.0 Å². The number of nitrogens with zero attached hydrogens (tertiary/aromatic N) is 3. The topological polar surface area (TPSA) is 80.2 Å². The van der Waals surface area contributed by atoms with Crippen LogP contribution < -0.4 is 15.4 Å². The summed E-state index contributed by atoms with van der Waals surface area (Å²) in [6, 6.07) is 4.30. The Morgan fingerprint density at radius 3 is 2.82 bits per heavy atom. The van der Waals surface area contributed by atoms with Gasteiger partial charge in [-0.05, 0) is 19.9 Å². The lowest BCUT2D eigenvalue weighted by Gasteiger charge is -2.32. The highest BCUT2D eigenvalue weighted by molar-refractivity contribution is 14.0. The summed E-state index contributed by atoms with van der Waals surface area (Å²) in [7, 11) is 1.65. The van der Waals surface area contributed by atoms with E-state index in [-0.39, 0.29) is 24.0 Å². The fourth-order valence-corrected chi connectivity index (χ4v) is 2.79. The number of hydrogen-bond acceptors (Lipinski definition) is 6. The Morgan fingerprint density at radius 2 is 2.11 bits per heavy atom. The zero-order valence-electron chi connectivity index (χ0n) is 17.1. The van der Waals surface area contributed by atoms with E-state index in [4.69, 9.17) is 14.2 Å². The molecule has 1 aromatic rings. The predicted molar refractivity (Wildman–Crippen MR) is 122 cm³/mol. The van der Waals surface area contributed by atoms with E-state index >= 15 is 0 Å². The van der Waals surface area contributed by atoms with E-state index in [0.29, 0.717) is 31.7 Å². The van der Waals surface area contributed by atoms with Crippen LogP contribution in [0.1, 0.15) is 19.4 Å². The van der Waals surface area contributed by atoms with Crippen molar-refractivity contribution in [3.63, 3.8) is 0 Å². The fourth-order valence-electron chi connectivity index (χ4n) is 2.79. The minimum Gasteiger partial charge on any atom is -0.475 e. The molecule has 8 nitrogen and oxygen atoms in total. The van der Waals surface area contributed by atoms with Gasteiger partial charge in [0, 0.05) is 51.1 Å². The van der Waals surface area contributed by atoms with Crippen molar-refractivity contribution in [2.45, 2.75) is 26.4 Å². The van der Waals surface area contributed by atoms with Crippen molar-refractivity contribution >= 4 is 29.9 Å². The third kappa shape index (κ3) is 8.89. The molecule has 9 heteroatoms. The molecule has 1 aliphatic heterocycles. The zero-order chi connectivity index (χ0) is 19.3.